The lowest BCUT2D eigenvalue weighted by Gasteiger charge is -2.32. The summed E-state index contributed by atoms with van der Waals surface area (Å²) in [4.78, 5) is 6.79. The molecule has 0 unspecified atom stereocenters. The van der Waals surface area contributed by atoms with Crippen LogP contribution in [0.5, 0.6) is 0 Å². The van der Waals surface area contributed by atoms with E-state index in [0.717, 1.165) is 38.2 Å². The average molecular weight is 273 g/mol. The Morgan fingerprint density at radius 1 is 1.40 bits per heavy atom. The summed E-state index contributed by atoms with van der Waals surface area (Å²) in [6.45, 7) is 3.97. The highest BCUT2D eigenvalue weighted by molar-refractivity contribution is 5.94. The summed E-state index contributed by atoms with van der Waals surface area (Å²) in [6, 6.07) is 4.22. The van der Waals surface area contributed by atoms with Crippen molar-refractivity contribution in [1.82, 2.24) is 4.98 Å². The molecule has 0 atom stereocenters. The molecule has 1 aromatic heterocycles. The summed E-state index contributed by atoms with van der Waals surface area (Å²) in [5.74, 6) is 1.50. The van der Waals surface area contributed by atoms with Gasteiger partial charge in [0.25, 0.3) is 0 Å². The van der Waals surface area contributed by atoms with Crippen LogP contribution in [0.15, 0.2) is 30.2 Å². The maximum atomic E-state index is 7.97. The number of hydrogen-bond acceptors (Lipinski definition) is 5. The Morgan fingerprint density at radius 3 is 2.60 bits per heavy atom. The highest BCUT2D eigenvalue weighted by Gasteiger charge is 2.22. The molecule has 5 nitrogen and oxygen atoms in total. The molecule has 0 aromatic carbocycles. The summed E-state index contributed by atoms with van der Waals surface area (Å²) in [7, 11) is 0. The van der Waals surface area contributed by atoms with Crippen LogP contribution in [-0.2, 0) is 6.42 Å². The number of aromatic nitrogens is 1. The first-order valence-corrected chi connectivity index (χ1v) is 7.11. The van der Waals surface area contributed by atoms with Gasteiger partial charge in [-0.15, -0.1) is 0 Å². The number of aryl methyl sites for hydroxylation is 1. The van der Waals surface area contributed by atoms with Crippen LogP contribution in [0.25, 0.3) is 0 Å². The second kappa shape index (κ2) is 6.41. The Balaban J connectivity index is 1.93. The molecule has 0 saturated carbocycles. The third-order valence-corrected chi connectivity index (χ3v) is 3.80. The van der Waals surface area contributed by atoms with Gasteiger partial charge in [-0.05, 0) is 37.0 Å². The van der Waals surface area contributed by atoms with Gasteiger partial charge in [-0.3, -0.25) is 0 Å². The molecular weight excluding hydrogens is 250 g/mol. The molecule has 0 radical (unpaired) electrons. The number of anilines is 1. The van der Waals surface area contributed by atoms with Crippen LogP contribution in [-0.4, -0.2) is 23.8 Å². The Bertz CT molecular complexity index is 479. The van der Waals surface area contributed by atoms with Crippen LogP contribution in [0.1, 0.15) is 25.3 Å². The van der Waals surface area contributed by atoms with Crippen molar-refractivity contribution in [2.75, 3.05) is 18.0 Å². The number of allylic oxidation sites excluding steroid dienone is 1. The first-order chi connectivity index (χ1) is 9.60. The van der Waals surface area contributed by atoms with Crippen molar-refractivity contribution in [2.24, 2.45) is 17.4 Å². The van der Waals surface area contributed by atoms with Gasteiger partial charge in [0.1, 0.15) is 5.82 Å². The van der Waals surface area contributed by atoms with Crippen molar-refractivity contribution in [3.05, 3.63) is 35.8 Å². The fraction of sp³-hybridized carbons (Fsp3) is 0.467. The van der Waals surface area contributed by atoms with E-state index in [-0.39, 0.29) is 11.7 Å². The van der Waals surface area contributed by atoms with Crippen molar-refractivity contribution >= 4 is 11.5 Å². The molecule has 0 amide bonds. The normalized spacial score (nSPS) is 15.9. The zero-order valence-corrected chi connectivity index (χ0v) is 12.0. The van der Waals surface area contributed by atoms with E-state index in [9.17, 15) is 0 Å². The van der Waals surface area contributed by atoms with Crippen molar-refractivity contribution < 1.29 is 0 Å². The number of nitrogens with zero attached hydrogens (tertiary/aromatic N) is 2. The van der Waals surface area contributed by atoms with Crippen LogP contribution in [0, 0.1) is 11.3 Å². The average Bonchev–Trinajstić information content (AvgIpc) is 2.47. The molecule has 0 spiro atoms. The summed E-state index contributed by atoms with van der Waals surface area (Å²) < 4.78 is 0. The third kappa shape index (κ3) is 3.50. The number of hydrogen-bond donors (Lipinski definition) is 3. The molecule has 1 fully saturated rings. The van der Waals surface area contributed by atoms with E-state index in [1.165, 1.54) is 5.56 Å². The molecule has 2 heterocycles. The predicted octanol–water partition coefficient (Wildman–Crippen LogP) is 1.64. The van der Waals surface area contributed by atoms with Gasteiger partial charge in [-0.25, -0.2) is 4.98 Å². The fourth-order valence-electron chi connectivity index (χ4n) is 2.53. The largest absolute Gasteiger partial charge is 0.386 e. The zero-order valence-electron chi connectivity index (χ0n) is 12.0. The van der Waals surface area contributed by atoms with E-state index in [1.54, 1.807) is 6.08 Å². The van der Waals surface area contributed by atoms with Crippen LogP contribution in [0.2, 0.25) is 0 Å². The molecule has 108 valence electrons. The molecule has 2 rings (SSSR count). The lowest BCUT2D eigenvalue weighted by Crippen LogP contribution is -2.36. The molecule has 1 saturated heterocycles. The number of nitrogens with two attached hydrogens (primary N) is 2. The molecular formula is C15H23N5. The van der Waals surface area contributed by atoms with Gasteiger partial charge < -0.3 is 21.8 Å². The van der Waals surface area contributed by atoms with Crippen molar-refractivity contribution in [3.63, 3.8) is 0 Å². The Labute approximate surface area is 120 Å². The van der Waals surface area contributed by atoms with Crippen molar-refractivity contribution in [1.29, 1.82) is 5.41 Å². The molecule has 0 bridgehead atoms. The van der Waals surface area contributed by atoms with Crippen LogP contribution >= 0.6 is 0 Å². The van der Waals surface area contributed by atoms with Gasteiger partial charge in [-0.2, -0.15) is 0 Å². The SMILES string of the molecule is CCc1ccc(N2CCC(C(=N)C=C(N)N)CC2)nc1. The lowest BCUT2D eigenvalue weighted by molar-refractivity contribution is 0.499. The fourth-order valence-corrected chi connectivity index (χ4v) is 2.53. The quantitative estimate of drug-likeness (QED) is 0.727. The summed E-state index contributed by atoms with van der Waals surface area (Å²) in [5, 5.41) is 7.97. The number of nitrogens with one attached hydrogen (secondary N) is 1. The van der Waals surface area contributed by atoms with E-state index in [1.807, 2.05) is 6.20 Å². The van der Waals surface area contributed by atoms with E-state index < -0.39 is 0 Å². The second-order valence-electron chi connectivity index (χ2n) is 5.24. The highest BCUT2D eigenvalue weighted by Crippen LogP contribution is 2.23. The molecule has 5 N–H and O–H groups in total. The standard InChI is InChI=1S/C15H23N5/c1-2-11-3-4-15(19-10-11)20-7-5-12(6-8-20)13(16)9-14(17)18/h3-4,9-10,12,16H,2,5-8,17-18H2,1H3. The second-order valence-corrected chi connectivity index (χ2v) is 5.24. The van der Waals surface area contributed by atoms with E-state index >= 15 is 0 Å². The number of pyridine rings is 1. The first-order valence-electron chi connectivity index (χ1n) is 7.11. The number of piperidine rings is 1. The smallest absolute Gasteiger partial charge is 0.128 e. The van der Waals surface area contributed by atoms with E-state index in [0.29, 0.717) is 5.71 Å². The van der Waals surface area contributed by atoms with Crippen LogP contribution in [0.3, 0.4) is 0 Å². The highest BCUT2D eigenvalue weighted by atomic mass is 15.2. The predicted molar refractivity (Wildman–Crippen MR) is 82.7 cm³/mol. The van der Waals surface area contributed by atoms with Gasteiger partial charge in [0.05, 0.1) is 5.82 Å². The van der Waals surface area contributed by atoms with E-state index in [2.05, 4.69) is 28.9 Å². The van der Waals surface area contributed by atoms with Crippen LogP contribution in [0.4, 0.5) is 5.82 Å². The third-order valence-electron chi connectivity index (χ3n) is 3.80. The maximum absolute atomic E-state index is 7.97. The van der Waals surface area contributed by atoms with Gasteiger partial charge in [0, 0.05) is 30.9 Å². The Hall–Kier alpha value is -2.04. The summed E-state index contributed by atoms with van der Waals surface area (Å²) in [5.41, 5.74) is 12.6. The number of rotatable bonds is 4. The molecule has 1 aliphatic heterocycles. The van der Waals surface area contributed by atoms with Crippen molar-refractivity contribution in [3.8, 4) is 0 Å². The van der Waals surface area contributed by atoms with Gasteiger partial charge in [0.2, 0.25) is 0 Å². The molecule has 1 aliphatic rings. The van der Waals surface area contributed by atoms with Gasteiger partial charge >= 0.3 is 0 Å². The van der Waals surface area contributed by atoms with E-state index in [4.69, 9.17) is 16.9 Å². The minimum absolute atomic E-state index is 0.217. The minimum Gasteiger partial charge on any atom is -0.386 e. The van der Waals surface area contributed by atoms with Crippen molar-refractivity contribution in [2.45, 2.75) is 26.2 Å². The minimum atomic E-state index is 0.217. The van der Waals surface area contributed by atoms with Gasteiger partial charge in [0.15, 0.2) is 0 Å². The molecule has 1 aromatic rings. The van der Waals surface area contributed by atoms with Gasteiger partial charge in [-0.1, -0.05) is 13.0 Å². The molecule has 20 heavy (non-hydrogen) atoms. The topological polar surface area (TPSA) is 92.0 Å². The first kappa shape index (κ1) is 14.4. The monoisotopic (exact) mass is 273 g/mol. The summed E-state index contributed by atoms with van der Waals surface area (Å²) in [6.07, 6.45) is 6.41. The van der Waals surface area contributed by atoms with Crippen LogP contribution < -0.4 is 16.4 Å². The Morgan fingerprint density at radius 2 is 2.10 bits per heavy atom. The lowest BCUT2D eigenvalue weighted by atomic mass is 9.91. The molecule has 5 heteroatoms. The summed E-state index contributed by atoms with van der Waals surface area (Å²) >= 11 is 0. The Kier molecular flexibility index (Phi) is 4.61. The zero-order chi connectivity index (χ0) is 14.5. The maximum Gasteiger partial charge on any atom is 0.128 e. The molecule has 0 aliphatic carbocycles.